The summed E-state index contributed by atoms with van der Waals surface area (Å²) < 4.78 is 27.1. The Balaban J connectivity index is 1.79. The second-order valence-corrected chi connectivity index (χ2v) is 9.68. The van der Waals surface area contributed by atoms with Crippen LogP contribution in [0.25, 0.3) is 0 Å². The maximum atomic E-state index is 12.8. The molecule has 0 atom stereocenters. The van der Waals surface area contributed by atoms with E-state index in [4.69, 9.17) is 23.2 Å². The van der Waals surface area contributed by atoms with Gasteiger partial charge >= 0.3 is 0 Å². The van der Waals surface area contributed by atoms with Gasteiger partial charge in [-0.05, 0) is 60.2 Å². The highest BCUT2D eigenvalue weighted by atomic mass is 35.5. The maximum absolute atomic E-state index is 12.8. The number of amides is 1. The summed E-state index contributed by atoms with van der Waals surface area (Å²) in [5, 5.41) is 1.02. The third-order valence-electron chi connectivity index (χ3n) is 4.79. The second kappa shape index (κ2) is 9.65. The minimum Gasteiger partial charge on any atom is -0.268 e. The lowest BCUT2D eigenvalue weighted by atomic mass is 9.95. The van der Waals surface area contributed by atoms with Gasteiger partial charge in [0.1, 0.15) is 0 Å². The van der Waals surface area contributed by atoms with Gasteiger partial charge in [0.2, 0.25) is 10.0 Å². The number of aryl methyl sites for hydroxylation is 2. The fraction of sp³-hybridized carbons (Fsp3) is 0.174. The van der Waals surface area contributed by atoms with E-state index in [1.807, 2.05) is 43.3 Å². The molecule has 30 heavy (non-hydrogen) atoms. The molecule has 0 heterocycles. The molecule has 1 N–H and O–H groups in total. The van der Waals surface area contributed by atoms with Gasteiger partial charge < -0.3 is 0 Å². The van der Waals surface area contributed by atoms with Crippen LogP contribution in [0.3, 0.4) is 0 Å². The molecular weight excluding hydrogens is 441 g/mol. The van der Waals surface area contributed by atoms with Gasteiger partial charge in [0.05, 0.1) is 5.75 Å². The Morgan fingerprint density at radius 1 is 0.967 bits per heavy atom. The van der Waals surface area contributed by atoms with Gasteiger partial charge in [0, 0.05) is 15.6 Å². The van der Waals surface area contributed by atoms with Crippen LogP contribution in [0, 0.1) is 6.92 Å². The number of nitrogens with one attached hydrogen (secondary N) is 1. The number of rotatable bonds is 7. The molecule has 0 saturated heterocycles. The van der Waals surface area contributed by atoms with Crippen LogP contribution in [0.1, 0.15) is 32.6 Å². The number of benzene rings is 3. The Hall–Kier alpha value is -2.34. The van der Waals surface area contributed by atoms with Crippen molar-refractivity contribution in [3.63, 3.8) is 0 Å². The summed E-state index contributed by atoms with van der Waals surface area (Å²) >= 11 is 12.3. The lowest BCUT2D eigenvalue weighted by Crippen LogP contribution is -2.33. The summed E-state index contributed by atoms with van der Waals surface area (Å²) in [4.78, 5) is 12.8. The van der Waals surface area contributed by atoms with E-state index in [0.717, 1.165) is 22.3 Å². The molecule has 0 unspecified atom stereocenters. The number of carbonyl (C=O) groups is 1. The first-order valence-electron chi connectivity index (χ1n) is 9.36. The Labute approximate surface area is 186 Å². The molecule has 3 aromatic carbocycles. The predicted octanol–water partition coefficient (Wildman–Crippen LogP) is 5.19. The molecule has 156 valence electrons. The average molecular weight is 462 g/mol. The Morgan fingerprint density at radius 2 is 1.70 bits per heavy atom. The van der Waals surface area contributed by atoms with Crippen LogP contribution < -0.4 is 4.72 Å². The molecule has 1 amide bonds. The van der Waals surface area contributed by atoms with Crippen LogP contribution in [0.2, 0.25) is 10.0 Å². The first-order valence-corrected chi connectivity index (χ1v) is 11.8. The summed E-state index contributed by atoms with van der Waals surface area (Å²) in [6, 6.07) is 19.7. The molecular formula is C23H21Cl2NO3S. The van der Waals surface area contributed by atoms with Crippen LogP contribution in [-0.4, -0.2) is 20.1 Å². The molecule has 3 aromatic rings. The van der Waals surface area contributed by atoms with E-state index in [-0.39, 0.29) is 5.75 Å². The van der Waals surface area contributed by atoms with Crippen LogP contribution in [0.5, 0.6) is 0 Å². The fourth-order valence-electron chi connectivity index (χ4n) is 3.15. The van der Waals surface area contributed by atoms with Gasteiger partial charge in [-0.25, -0.2) is 13.1 Å². The van der Waals surface area contributed by atoms with Crippen molar-refractivity contribution >= 4 is 39.1 Å². The summed E-state index contributed by atoms with van der Waals surface area (Å²) in [6.45, 7) is 1.87. The van der Waals surface area contributed by atoms with Crippen molar-refractivity contribution in [2.45, 2.75) is 19.8 Å². The zero-order chi connectivity index (χ0) is 21.7. The quantitative estimate of drug-likeness (QED) is 0.525. The maximum Gasteiger partial charge on any atom is 0.265 e. The largest absolute Gasteiger partial charge is 0.268 e. The topological polar surface area (TPSA) is 63.2 Å². The van der Waals surface area contributed by atoms with Crippen LogP contribution in [-0.2, 0) is 22.9 Å². The Morgan fingerprint density at radius 3 is 2.40 bits per heavy atom. The molecule has 4 nitrogen and oxygen atoms in total. The number of sulfonamides is 1. The van der Waals surface area contributed by atoms with Crippen molar-refractivity contribution in [1.29, 1.82) is 0 Å². The van der Waals surface area contributed by atoms with Crippen molar-refractivity contribution < 1.29 is 13.2 Å². The minimum absolute atomic E-state index is 0.174. The molecule has 0 aliphatic heterocycles. The Bertz CT molecular complexity index is 1160. The van der Waals surface area contributed by atoms with Crippen LogP contribution in [0.15, 0.2) is 66.7 Å². The summed E-state index contributed by atoms with van der Waals surface area (Å²) in [5.41, 5.74) is 3.59. The highest BCUT2D eigenvalue weighted by Gasteiger charge is 2.20. The molecule has 0 radical (unpaired) electrons. The van der Waals surface area contributed by atoms with Crippen molar-refractivity contribution in [3.8, 4) is 0 Å². The van der Waals surface area contributed by atoms with Gasteiger partial charge in [0.25, 0.3) is 5.91 Å². The van der Waals surface area contributed by atoms with Crippen molar-refractivity contribution in [2.75, 3.05) is 5.75 Å². The standard InChI is InChI=1S/C23H21Cl2NO3S/c1-16-6-5-9-20(21(16)14-18-10-11-19(24)15-22(18)25)23(27)26-30(28,29)13-12-17-7-3-2-4-8-17/h2-11,15H,12-14H2,1H3,(H,26,27). The number of hydrogen-bond acceptors (Lipinski definition) is 3. The third kappa shape index (κ3) is 5.85. The van der Waals surface area contributed by atoms with Crippen molar-refractivity contribution in [1.82, 2.24) is 4.72 Å². The lowest BCUT2D eigenvalue weighted by molar-refractivity contribution is 0.0980. The normalized spacial score (nSPS) is 11.3. The van der Waals surface area contributed by atoms with E-state index in [2.05, 4.69) is 4.72 Å². The summed E-state index contributed by atoms with van der Waals surface area (Å²) in [5.74, 6) is -0.820. The molecule has 3 rings (SSSR count). The summed E-state index contributed by atoms with van der Waals surface area (Å²) in [7, 11) is -3.79. The van der Waals surface area contributed by atoms with Gasteiger partial charge in [-0.15, -0.1) is 0 Å². The van der Waals surface area contributed by atoms with Crippen molar-refractivity contribution in [3.05, 3.63) is 105 Å². The number of hydrogen-bond donors (Lipinski definition) is 1. The van der Waals surface area contributed by atoms with E-state index in [9.17, 15) is 13.2 Å². The molecule has 0 bridgehead atoms. The number of halogens is 2. The lowest BCUT2D eigenvalue weighted by Gasteiger charge is -2.14. The average Bonchev–Trinajstić information content (AvgIpc) is 2.70. The monoisotopic (exact) mass is 461 g/mol. The molecule has 0 aliphatic carbocycles. The van der Waals surface area contributed by atoms with Crippen LogP contribution in [0.4, 0.5) is 0 Å². The van der Waals surface area contributed by atoms with Crippen LogP contribution >= 0.6 is 23.2 Å². The predicted molar refractivity (Wildman–Crippen MR) is 122 cm³/mol. The molecule has 0 saturated carbocycles. The smallest absolute Gasteiger partial charge is 0.265 e. The zero-order valence-electron chi connectivity index (χ0n) is 16.4. The molecule has 7 heteroatoms. The van der Waals surface area contributed by atoms with Gasteiger partial charge in [-0.1, -0.05) is 71.7 Å². The SMILES string of the molecule is Cc1cccc(C(=O)NS(=O)(=O)CCc2ccccc2)c1Cc1ccc(Cl)cc1Cl. The highest BCUT2D eigenvalue weighted by Crippen LogP contribution is 2.26. The van der Waals surface area contributed by atoms with E-state index >= 15 is 0 Å². The highest BCUT2D eigenvalue weighted by molar-refractivity contribution is 7.90. The van der Waals surface area contributed by atoms with E-state index < -0.39 is 15.9 Å². The third-order valence-corrected chi connectivity index (χ3v) is 6.61. The van der Waals surface area contributed by atoms with E-state index in [1.54, 1.807) is 30.3 Å². The first kappa shape index (κ1) is 22.3. The first-order chi connectivity index (χ1) is 14.2. The molecule has 0 aliphatic rings. The van der Waals surface area contributed by atoms with E-state index in [1.165, 1.54) is 0 Å². The van der Waals surface area contributed by atoms with E-state index in [0.29, 0.717) is 28.5 Å². The van der Waals surface area contributed by atoms with Crippen molar-refractivity contribution in [2.24, 2.45) is 0 Å². The number of carbonyl (C=O) groups excluding carboxylic acids is 1. The van der Waals surface area contributed by atoms with Gasteiger partial charge in [-0.3, -0.25) is 4.79 Å². The molecule has 0 spiro atoms. The Kier molecular flexibility index (Phi) is 7.19. The van der Waals surface area contributed by atoms with Gasteiger partial charge in [-0.2, -0.15) is 0 Å². The molecule has 0 fully saturated rings. The second-order valence-electron chi connectivity index (χ2n) is 7.00. The zero-order valence-corrected chi connectivity index (χ0v) is 18.7. The fourth-order valence-corrected chi connectivity index (χ4v) is 4.62. The minimum atomic E-state index is -3.79. The summed E-state index contributed by atoms with van der Waals surface area (Å²) in [6.07, 6.45) is 0.708. The molecule has 0 aromatic heterocycles. The van der Waals surface area contributed by atoms with Gasteiger partial charge in [0.15, 0.2) is 0 Å².